The Morgan fingerprint density at radius 1 is 1.11 bits per heavy atom. The fourth-order valence-corrected chi connectivity index (χ4v) is 1.55. The molecule has 1 aromatic carbocycles. The van der Waals surface area contributed by atoms with Crippen molar-refractivity contribution >= 4 is 11.6 Å². The molecule has 0 radical (unpaired) electrons. The molecule has 100 valence electrons. The molecule has 0 fully saturated rings. The second kappa shape index (κ2) is 7.04. The number of carbonyl (C=O) groups excluding carboxylic acids is 1. The van der Waals surface area contributed by atoms with Gasteiger partial charge in [-0.05, 0) is 29.5 Å². The van der Waals surface area contributed by atoms with E-state index < -0.39 is 0 Å². The third kappa shape index (κ3) is 5.21. The Labute approximate surface area is 110 Å². The first kappa shape index (κ1) is 14.6. The molecule has 0 heterocycles. The van der Waals surface area contributed by atoms with Crippen LogP contribution in [0.1, 0.15) is 39.2 Å². The molecule has 1 amide bonds. The van der Waals surface area contributed by atoms with Gasteiger partial charge in [0, 0.05) is 12.2 Å². The summed E-state index contributed by atoms with van der Waals surface area (Å²) in [6.45, 7) is 9.56. The minimum absolute atomic E-state index is 0.0386. The standard InChI is InChI=1S/C15H24N2O/c1-11(2)9-17-15(18)10-16-14-7-5-13(6-8-14)12(3)4/h5-8,11-12,16H,9-10H2,1-4H3,(H,17,18). The zero-order valence-corrected chi connectivity index (χ0v) is 11.8. The molecule has 0 saturated heterocycles. The molecule has 0 bridgehead atoms. The smallest absolute Gasteiger partial charge is 0.239 e. The fraction of sp³-hybridized carbons (Fsp3) is 0.533. The summed E-state index contributed by atoms with van der Waals surface area (Å²) in [4.78, 5) is 11.5. The summed E-state index contributed by atoms with van der Waals surface area (Å²) in [6, 6.07) is 8.23. The predicted molar refractivity (Wildman–Crippen MR) is 76.9 cm³/mol. The van der Waals surface area contributed by atoms with Gasteiger partial charge in [-0.1, -0.05) is 39.8 Å². The summed E-state index contributed by atoms with van der Waals surface area (Å²) < 4.78 is 0. The van der Waals surface area contributed by atoms with Crippen LogP contribution in [0.25, 0.3) is 0 Å². The van der Waals surface area contributed by atoms with Crippen molar-refractivity contribution in [1.82, 2.24) is 5.32 Å². The molecule has 2 N–H and O–H groups in total. The topological polar surface area (TPSA) is 41.1 Å². The van der Waals surface area contributed by atoms with Crippen molar-refractivity contribution in [1.29, 1.82) is 0 Å². The van der Waals surface area contributed by atoms with Gasteiger partial charge in [-0.15, -0.1) is 0 Å². The normalized spacial score (nSPS) is 10.8. The summed E-state index contributed by atoms with van der Waals surface area (Å²) >= 11 is 0. The summed E-state index contributed by atoms with van der Waals surface area (Å²) in [7, 11) is 0. The second-order valence-corrected chi connectivity index (χ2v) is 5.33. The highest BCUT2D eigenvalue weighted by atomic mass is 16.1. The quantitative estimate of drug-likeness (QED) is 0.812. The van der Waals surface area contributed by atoms with E-state index in [1.807, 2.05) is 12.1 Å². The maximum atomic E-state index is 11.5. The van der Waals surface area contributed by atoms with Gasteiger partial charge in [0.2, 0.25) is 5.91 Å². The van der Waals surface area contributed by atoms with E-state index in [1.54, 1.807) is 0 Å². The number of hydrogen-bond acceptors (Lipinski definition) is 2. The summed E-state index contributed by atoms with van der Waals surface area (Å²) in [6.07, 6.45) is 0. The molecule has 0 aliphatic rings. The van der Waals surface area contributed by atoms with Gasteiger partial charge in [-0.25, -0.2) is 0 Å². The monoisotopic (exact) mass is 248 g/mol. The van der Waals surface area contributed by atoms with Crippen LogP contribution in [0.15, 0.2) is 24.3 Å². The first-order valence-corrected chi connectivity index (χ1v) is 6.59. The Kier molecular flexibility index (Phi) is 5.69. The van der Waals surface area contributed by atoms with Crippen LogP contribution in [0.4, 0.5) is 5.69 Å². The number of nitrogens with one attached hydrogen (secondary N) is 2. The summed E-state index contributed by atoms with van der Waals surface area (Å²) in [5.41, 5.74) is 2.30. The van der Waals surface area contributed by atoms with E-state index >= 15 is 0 Å². The van der Waals surface area contributed by atoms with E-state index in [-0.39, 0.29) is 5.91 Å². The molecule has 0 unspecified atom stereocenters. The minimum atomic E-state index is 0.0386. The number of carbonyl (C=O) groups is 1. The molecule has 0 aliphatic heterocycles. The van der Waals surface area contributed by atoms with Crippen molar-refractivity contribution in [2.24, 2.45) is 5.92 Å². The van der Waals surface area contributed by atoms with E-state index in [2.05, 4.69) is 50.5 Å². The van der Waals surface area contributed by atoms with E-state index in [4.69, 9.17) is 0 Å². The lowest BCUT2D eigenvalue weighted by atomic mass is 10.0. The Bertz CT molecular complexity index is 369. The Hall–Kier alpha value is -1.51. The largest absolute Gasteiger partial charge is 0.376 e. The summed E-state index contributed by atoms with van der Waals surface area (Å²) in [5.74, 6) is 1.06. The molecule has 1 aromatic rings. The molecule has 0 spiro atoms. The maximum absolute atomic E-state index is 11.5. The number of amides is 1. The molecule has 0 aromatic heterocycles. The highest BCUT2D eigenvalue weighted by Gasteiger charge is 2.03. The molecular weight excluding hydrogens is 224 g/mol. The fourth-order valence-electron chi connectivity index (χ4n) is 1.55. The van der Waals surface area contributed by atoms with Crippen molar-refractivity contribution < 1.29 is 4.79 Å². The van der Waals surface area contributed by atoms with Gasteiger partial charge in [0.25, 0.3) is 0 Å². The lowest BCUT2D eigenvalue weighted by Crippen LogP contribution is -2.32. The highest BCUT2D eigenvalue weighted by Crippen LogP contribution is 2.16. The van der Waals surface area contributed by atoms with E-state index in [1.165, 1.54) is 5.56 Å². The third-order valence-corrected chi connectivity index (χ3v) is 2.74. The number of anilines is 1. The van der Waals surface area contributed by atoms with E-state index in [0.29, 0.717) is 18.4 Å². The molecule has 18 heavy (non-hydrogen) atoms. The minimum Gasteiger partial charge on any atom is -0.376 e. The van der Waals surface area contributed by atoms with E-state index in [9.17, 15) is 4.79 Å². The first-order chi connectivity index (χ1) is 8.49. The SMILES string of the molecule is CC(C)CNC(=O)CNc1ccc(C(C)C)cc1. The molecule has 0 saturated carbocycles. The van der Waals surface area contributed by atoms with Crippen molar-refractivity contribution in [2.75, 3.05) is 18.4 Å². The molecule has 0 aliphatic carbocycles. The highest BCUT2D eigenvalue weighted by molar-refractivity contribution is 5.80. The van der Waals surface area contributed by atoms with Crippen LogP contribution < -0.4 is 10.6 Å². The number of benzene rings is 1. The lowest BCUT2D eigenvalue weighted by molar-refractivity contribution is -0.119. The van der Waals surface area contributed by atoms with Crippen LogP contribution in [0.3, 0.4) is 0 Å². The van der Waals surface area contributed by atoms with Gasteiger partial charge < -0.3 is 10.6 Å². The lowest BCUT2D eigenvalue weighted by Gasteiger charge is -2.10. The predicted octanol–water partition coefficient (Wildman–Crippen LogP) is 2.99. The molecule has 0 atom stereocenters. The van der Waals surface area contributed by atoms with Gasteiger partial charge in [-0.2, -0.15) is 0 Å². The van der Waals surface area contributed by atoms with Gasteiger partial charge in [0.05, 0.1) is 6.54 Å². The van der Waals surface area contributed by atoms with Gasteiger partial charge in [0.1, 0.15) is 0 Å². The average molecular weight is 248 g/mol. The van der Waals surface area contributed by atoms with Crippen LogP contribution in [-0.2, 0) is 4.79 Å². The molecule has 3 heteroatoms. The second-order valence-electron chi connectivity index (χ2n) is 5.33. The zero-order valence-electron chi connectivity index (χ0n) is 11.8. The number of hydrogen-bond donors (Lipinski definition) is 2. The first-order valence-electron chi connectivity index (χ1n) is 6.59. The van der Waals surface area contributed by atoms with Gasteiger partial charge >= 0.3 is 0 Å². The van der Waals surface area contributed by atoms with Crippen molar-refractivity contribution in [3.63, 3.8) is 0 Å². The number of rotatable bonds is 6. The van der Waals surface area contributed by atoms with Crippen molar-refractivity contribution in [3.05, 3.63) is 29.8 Å². The Morgan fingerprint density at radius 3 is 2.22 bits per heavy atom. The van der Waals surface area contributed by atoms with Crippen LogP contribution in [0, 0.1) is 5.92 Å². The van der Waals surface area contributed by atoms with Crippen LogP contribution >= 0.6 is 0 Å². The third-order valence-electron chi connectivity index (χ3n) is 2.74. The van der Waals surface area contributed by atoms with Gasteiger partial charge in [0.15, 0.2) is 0 Å². The van der Waals surface area contributed by atoms with Crippen molar-refractivity contribution in [3.8, 4) is 0 Å². The molecular formula is C15H24N2O. The van der Waals surface area contributed by atoms with Crippen LogP contribution in [0.5, 0.6) is 0 Å². The van der Waals surface area contributed by atoms with Crippen molar-refractivity contribution in [2.45, 2.75) is 33.6 Å². The maximum Gasteiger partial charge on any atom is 0.239 e. The zero-order chi connectivity index (χ0) is 13.5. The van der Waals surface area contributed by atoms with Gasteiger partial charge in [-0.3, -0.25) is 4.79 Å². The molecule has 3 nitrogen and oxygen atoms in total. The van der Waals surface area contributed by atoms with Crippen LogP contribution in [-0.4, -0.2) is 19.0 Å². The van der Waals surface area contributed by atoms with E-state index in [0.717, 1.165) is 12.2 Å². The Morgan fingerprint density at radius 2 is 1.72 bits per heavy atom. The summed E-state index contributed by atoms with van der Waals surface area (Å²) in [5, 5.41) is 6.00. The average Bonchev–Trinajstić information content (AvgIpc) is 2.34. The molecule has 1 rings (SSSR count). The Balaban J connectivity index is 2.37. The van der Waals surface area contributed by atoms with Crippen LogP contribution in [0.2, 0.25) is 0 Å².